The maximum atomic E-state index is 12.8. The highest BCUT2D eigenvalue weighted by molar-refractivity contribution is 5.76. The standard InChI is InChI=1S/C28H35NO4/c1-27(2)22-18-28(19-32-25(22)21-10-7-11-23(31-3)26(21)33-27)14-16-29(17-15-28)24(30)13-12-20-8-5-4-6-9-20/h4-11,22,25H,12-19H2,1-3H3/t22-,25+/m0/s1. The third kappa shape index (κ3) is 4.23. The van der Waals surface area contributed by atoms with Gasteiger partial charge in [-0.25, -0.2) is 0 Å². The molecule has 0 radical (unpaired) electrons. The number of para-hydroxylation sites is 1. The number of hydrogen-bond donors (Lipinski definition) is 0. The predicted octanol–water partition coefficient (Wildman–Crippen LogP) is 5.19. The number of rotatable bonds is 4. The summed E-state index contributed by atoms with van der Waals surface area (Å²) in [4.78, 5) is 14.9. The quantitative estimate of drug-likeness (QED) is 0.645. The second-order valence-corrected chi connectivity index (χ2v) is 10.5. The zero-order chi connectivity index (χ0) is 23.1. The number of benzene rings is 2. The van der Waals surface area contributed by atoms with Crippen molar-refractivity contribution in [1.82, 2.24) is 4.90 Å². The van der Waals surface area contributed by atoms with Crippen LogP contribution in [0.25, 0.3) is 0 Å². The molecule has 0 aromatic heterocycles. The Balaban J connectivity index is 1.24. The molecule has 0 unspecified atom stereocenters. The normalized spacial score (nSPS) is 25.0. The van der Waals surface area contributed by atoms with Crippen LogP contribution in [0.2, 0.25) is 0 Å². The molecule has 5 heteroatoms. The van der Waals surface area contributed by atoms with Crippen LogP contribution >= 0.6 is 0 Å². The van der Waals surface area contributed by atoms with Crippen LogP contribution in [0, 0.1) is 11.3 Å². The fraction of sp³-hybridized carbons (Fsp3) is 0.536. The second-order valence-electron chi connectivity index (χ2n) is 10.5. The molecule has 3 heterocycles. The number of hydrogen-bond acceptors (Lipinski definition) is 4. The fourth-order valence-electron chi connectivity index (χ4n) is 5.93. The Morgan fingerprint density at radius 3 is 2.58 bits per heavy atom. The van der Waals surface area contributed by atoms with Crippen LogP contribution < -0.4 is 9.47 Å². The molecule has 0 N–H and O–H groups in total. The SMILES string of the molecule is COc1cccc2c1OC(C)(C)[C@H]1CC3(CCN(C(=O)CCc4ccccc4)CC3)CO[C@H]21. The first-order valence-corrected chi connectivity index (χ1v) is 12.2. The molecule has 1 spiro atoms. The zero-order valence-electron chi connectivity index (χ0n) is 20.0. The first-order valence-electron chi connectivity index (χ1n) is 12.2. The topological polar surface area (TPSA) is 48.0 Å². The van der Waals surface area contributed by atoms with Gasteiger partial charge in [-0.3, -0.25) is 4.79 Å². The maximum absolute atomic E-state index is 12.8. The highest BCUT2D eigenvalue weighted by Gasteiger charge is 2.53. The Labute approximate surface area is 197 Å². The van der Waals surface area contributed by atoms with E-state index < -0.39 is 0 Å². The van der Waals surface area contributed by atoms with Gasteiger partial charge in [0.1, 0.15) is 5.60 Å². The molecule has 2 aromatic carbocycles. The van der Waals surface area contributed by atoms with Gasteiger partial charge in [-0.15, -0.1) is 0 Å². The lowest BCUT2D eigenvalue weighted by Crippen LogP contribution is -2.54. The van der Waals surface area contributed by atoms with E-state index in [0.717, 1.165) is 62.4 Å². The summed E-state index contributed by atoms with van der Waals surface area (Å²) in [5.41, 5.74) is 2.10. The van der Waals surface area contributed by atoms with E-state index in [1.807, 2.05) is 30.3 Å². The van der Waals surface area contributed by atoms with Gasteiger partial charge in [0.15, 0.2) is 11.5 Å². The summed E-state index contributed by atoms with van der Waals surface area (Å²) >= 11 is 0. The molecular formula is C28H35NO4. The van der Waals surface area contributed by atoms with Crippen molar-refractivity contribution in [3.8, 4) is 11.5 Å². The van der Waals surface area contributed by atoms with E-state index in [0.29, 0.717) is 6.42 Å². The molecule has 2 fully saturated rings. The number of piperidine rings is 1. The van der Waals surface area contributed by atoms with Gasteiger partial charge in [0.2, 0.25) is 5.91 Å². The molecule has 0 saturated carbocycles. The highest BCUT2D eigenvalue weighted by atomic mass is 16.5. The van der Waals surface area contributed by atoms with E-state index in [9.17, 15) is 4.79 Å². The van der Waals surface area contributed by atoms with Crippen molar-refractivity contribution in [3.05, 3.63) is 59.7 Å². The van der Waals surface area contributed by atoms with Gasteiger partial charge < -0.3 is 19.1 Å². The predicted molar refractivity (Wildman–Crippen MR) is 128 cm³/mol. The summed E-state index contributed by atoms with van der Waals surface area (Å²) in [7, 11) is 1.68. The molecule has 2 atom stereocenters. The Morgan fingerprint density at radius 2 is 1.85 bits per heavy atom. The van der Waals surface area contributed by atoms with E-state index >= 15 is 0 Å². The largest absolute Gasteiger partial charge is 0.493 e. The monoisotopic (exact) mass is 449 g/mol. The van der Waals surface area contributed by atoms with E-state index in [2.05, 4.69) is 36.9 Å². The molecule has 5 rings (SSSR count). The third-order valence-corrected chi connectivity index (χ3v) is 8.03. The summed E-state index contributed by atoms with van der Waals surface area (Å²) in [6.07, 6.45) is 4.46. The molecule has 33 heavy (non-hydrogen) atoms. The lowest BCUT2D eigenvalue weighted by atomic mass is 9.64. The van der Waals surface area contributed by atoms with Gasteiger partial charge >= 0.3 is 0 Å². The molecule has 1 amide bonds. The van der Waals surface area contributed by atoms with Crippen molar-refractivity contribution >= 4 is 5.91 Å². The van der Waals surface area contributed by atoms with Gasteiger partial charge in [-0.05, 0) is 56.6 Å². The molecule has 0 aliphatic carbocycles. The lowest BCUT2D eigenvalue weighted by molar-refractivity contribution is -0.176. The third-order valence-electron chi connectivity index (χ3n) is 8.03. The Hall–Kier alpha value is -2.53. The van der Waals surface area contributed by atoms with Crippen molar-refractivity contribution in [2.75, 3.05) is 26.8 Å². The van der Waals surface area contributed by atoms with Crippen LogP contribution in [-0.4, -0.2) is 43.2 Å². The molecule has 2 saturated heterocycles. The van der Waals surface area contributed by atoms with Crippen molar-refractivity contribution in [1.29, 1.82) is 0 Å². The van der Waals surface area contributed by atoms with E-state index in [4.69, 9.17) is 14.2 Å². The number of carbonyl (C=O) groups is 1. The van der Waals surface area contributed by atoms with Crippen LogP contribution in [0.4, 0.5) is 0 Å². The zero-order valence-corrected chi connectivity index (χ0v) is 20.0. The van der Waals surface area contributed by atoms with E-state index in [1.165, 1.54) is 5.56 Å². The number of ether oxygens (including phenoxy) is 3. The lowest BCUT2D eigenvalue weighted by Gasteiger charge is -2.54. The average molecular weight is 450 g/mol. The number of carbonyl (C=O) groups excluding carboxylic acids is 1. The minimum Gasteiger partial charge on any atom is -0.493 e. The van der Waals surface area contributed by atoms with Crippen molar-refractivity contribution < 1.29 is 19.0 Å². The first kappa shape index (κ1) is 22.3. The van der Waals surface area contributed by atoms with E-state index in [-0.39, 0.29) is 28.9 Å². The summed E-state index contributed by atoms with van der Waals surface area (Å²) in [5, 5.41) is 0. The number of aryl methyl sites for hydroxylation is 1. The fourth-order valence-corrected chi connectivity index (χ4v) is 5.93. The van der Waals surface area contributed by atoms with E-state index in [1.54, 1.807) is 7.11 Å². The number of amides is 1. The van der Waals surface area contributed by atoms with Crippen molar-refractivity contribution in [3.63, 3.8) is 0 Å². The van der Waals surface area contributed by atoms with Crippen molar-refractivity contribution in [2.45, 2.75) is 57.7 Å². The van der Waals surface area contributed by atoms with Crippen LogP contribution in [-0.2, 0) is 16.0 Å². The Morgan fingerprint density at radius 1 is 1.09 bits per heavy atom. The second kappa shape index (κ2) is 8.68. The smallest absolute Gasteiger partial charge is 0.222 e. The minimum absolute atomic E-state index is 0.0232. The summed E-state index contributed by atoms with van der Waals surface area (Å²) in [6.45, 7) is 6.72. The summed E-state index contributed by atoms with van der Waals surface area (Å²) in [5.74, 6) is 2.13. The van der Waals surface area contributed by atoms with Gasteiger partial charge in [0, 0.05) is 31.0 Å². The molecular weight excluding hydrogens is 414 g/mol. The molecule has 2 aromatic rings. The van der Waals surface area contributed by atoms with Gasteiger partial charge in [0.25, 0.3) is 0 Å². The van der Waals surface area contributed by atoms with Crippen LogP contribution in [0.5, 0.6) is 11.5 Å². The van der Waals surface area contributed by atoms with Crippen LogP contribution in [0.15, 0.2) is 48.5 Å². The van der Waals surface area contributed by atoms with Gasteiger partial charge in [0.05, 0.1) is 19.8 Å². The van der Waals surface area contributed by atoms with Crippen LogP contribution in [0.3, 0.4) is 0 Å². The Bertz CT molecular complexity index is 994. The van der Waals surface area contributed by atoms with Gasteiger partial charge in [-0.2, -0.15) is 0 Å². The maximum Gasteiger partial charge on any atom is 0.222 e. The number of nitrogens with zero attached hydrogens (tertiary/aromatic N) is 1. The number of likely N-dealkylation sites (tertiary alicyclic amines) is 1. The number of fused-ring (bicyclic) bond motifs is 3. The summed E-state index contributed by atoms with van der Waals surface area (Å²) < 4.78 is 18.7. The summed E-state index contributed by atoms with van der Waals surface area (Å²) in [6, 6.07) is 16.3. The molecule has 3 aliphatic rings. The molecule has 5 nitrogen and oxygen atoms in total. The highest BCUT2D eigenvalue weighted by Crippen LogP contribution is 2.57. The van der Waals surface area contributed by atoms with Crippen molar-refractivity contribution in [2.24, 2.45) is 11.3 Å². The Kier molecular flexibility index (Phi) is 5.86. The number of methoxy groups -OCH3 is 1. The molecule has 176 valence electrons. The van der Waals surface area contributed by atoms with Gasteiger partial charge in [-0.1, -0.05) is 42.5 Å². The minimum atomic E-state index is -0.345. The molecule has 3 aliphatic heterocycles. The first-order chi connectivity index (χ1) is 15.9. The average Bonchev–Trinajstić information content (AvgIpc) is 2.83. The van der Waals surface area contributed by atoms with Crippen LogP contribution in [0.1, 0.15) is 56.8 Å². The molecule has 0 bridgehead atoms.